The van der Waals surface area contributed by atoms with Gasteiger partial charge in [-0.05, 0) is 55.8 Å². The summed E-state index contributed by atoms with van der Waals surface area (Å²) in [4.78, 5) is 0. The number of aryl methyl sites for hydroxylation is 1. The topological polar surface area (TPSA) is 26.0 Å². The molecule has 78 valence electrons. The largest absolute Gasteiger partial charge is 0.330 e. The summed E-state index contributed by atoms with van der Waals surface area (Å²) in [5, 5.41) is 0. The van der Waals surface area contributed by atoms with Crippen molar-refractivity contribution in [2.75, 3.05) is 6.54 Å². The zero-order valence-corrected chi connectivity index (χ0v) is 9.51. The third-order valence-corrected chi connectivity index (χ3v) is 3.02. The lowest BCUT2D eigenvalue weighted by Crippen LogP contribution is -2.03. The molecule has 0 fully saturated rings. The van der Waals surface area contributed by atoms with Crippen LogP contribution in [0.15, 0.2) is 18.2 Å². The van der Waals surface area contributed by atoms with Gasteiger partial charge in [-0.25, -0.2) is 0 Å². The monoisotopic (exact) mass is 191 g/mol. The van der Waals surface area contributed by atoms with Crippen LogP contribution in [0.2, 0.25) is 0 Å². The predicted octanol–water partition coefficient (Wildman–Crippen LogP) is 3.15. The van der Waals surface area contributed by atoms with E-state index in [1.54, 1.807) is 0 Å². The highest BCUT2D eigenvalue weighted by molar-refractivity contribution is 5.35. The minimum atomic E-state index is 0.637. The third-order valence-electron chi connectivity index (χ3n) is 3.02. The van der Waals surface area contributed by atoms with E-state index in [0.29, 0.717) is 5.92 Å². The Morgan fingerprint density at radius 2 is 2.00 bits per heavy atom. The summed E-state index contributed by atoms with van der Waals surface area (Å²) in [5.74, 6) is 0.637. The van der Waals surface area contributed by atoms with Gasteiger partial charge in [-0.2, -0.15) is 0 Å². The highest BCUT2D eigenvalue weighted by atomic mass is 14.5. The summed E-state index contributed by atoms with van der Waals surface area (Å²) in [7, 11) is 0. The molecule has 1 aromatic carbocycles. The van der Waals surface area contributed by atoms with Crippen LogP contribution in [0.3, 0.4) is 0 Å². The second kappa shape index (κ2) is 5.16. The maximum Gasteiger partial charge on any atom is -0.00771 e. The molecular weight excluding hydrogens is 170 g/mol. The molecule has 0 radical (unpaired) electrons. The fourth-order valence-electron chi connectivity index (χ4n) is 1.89. The highest BCUT2D eigenvalue weighted by Crippen LogP contribution is 2.25. The molecule has 1 rings (SSSR count). The fraction of sp³-hybridized carbons (Fsp3) is 0.538. The van der Waals surface area contributed by atoms with Gasteiger partial charge >= 0.3 is 0 Å². The first-order valence-electron chi connectivity index (χ1n) is 5.43. The lowest BCUT2D eigenvalue weighted by Gasteiger charge is -2.15. The van der Waals surface area contributed by atoms with E-state index in [9.17, 15) is 0 Å². The minimum Gasteiger partial charge on any atom is -0.330 e. The van der Waals surface area contributed by atoms with Crippen molar-refractivity contribution in [2.45, 2.75) is 39.5 Å². The molecule has 1 nitrogen and oxygen atoms in total. The number of nitrogens with two attached hydrogens (primary N) is 1. The Kier molecular flexibility index (Phi) is 4.15. The number of rotatable bonds is 4. The summed E-state index contributed by atoms with van der Waals surface area (Å²) < 4.78 is 0. The van der Waals surface area contributed by atoms with Crippen LogP contribution in [0.4, 0.5) is 0 Å². The van der Waals surface area contributed by atoms with Crippen molar-refractivity contribution >= 4 is 0 Å². The molecule has 0 aromatic heterocycles. The quantitative estimate of drug-likeness (QED) is 0.777. The van der Waals surface area contributed by atoms with Crippen molar-refractivity contribution in [3.8, 4) is 0 Å². The molecule has 0 aliphatic heterocycles. The van der Waals surface area contributed by atoms with E-state index in [1.807, 2.05) is 0 Å². The second-order valence-corrected chi connectivity index (χ2v) is 4.12. The molecule has 0 saturated carbocycles. The normalized spacial score (nSPS) is 12.9. The second-order valence-electron chi connectivity index (χ2n) is 4.12. The highest BCUT2D eigenvalue weighted by Gasteiger charge is 2.08. The van der Waals surface area contributed by atoms with Crippen molar-refractivity contribution in [3.63, 3.8) is 0 Å². The molecule has 1 heteroatoms. The van der Waals surface area contributed by atoms with E-state index in [1.165, 1.54) is 23.1 Å². The van der Waals surface area contributed by atoms with Gasteiger partial charge in [0.15, 0.2) is 0 Å². The Bertz CT molecular complexity index is 291. The van der Waals surface area contributed by atoms with Gasteiger partial charge in [-0.1, -0.05) is 25.1 Å². The summed E-state index contributed by atoms with van der Waals surface area (Å²) in [6.45, 7) is 7.48. The summed E-state index contributed by atoms with van der Waals surface area (Å²) >= 11 is 0. The minimum absolute atomic E-state index is 0.637. The van der Waals surface area contributed by atoms with Crippen LogP contribution in [0.1, 0.15) is 42.4 Å². The van der Waals surface area contributed by atoms with Crippen molar-refractivity contribution in [1.82, 2.24) is 0 Å². The predicted molar refractivity (Wildman–Crippen MR) is 62.6 cm³/mol. The lowest BCUT2D eigenvalue weighted by molar-refractivity contribution is 0.637. The molecule has 1 aromatic rings. The molecule has 0 spiro atoms. The van der Waals surface area contributed by atoms with Crippen molar-refractivity contribution in [2.24, 2.45) is 5.73 Å². The van der Waals surface area contributed by atoms with Gasteiger partial charge in [0.05, 0.1) is 0 Å². The van der Waals surface area contributed by atoms with Gasteiger partial charge in [-0.3, -0.25) is 0 Å². The van der Waals surface area contributed by atoms with Crippen LogP contribution in [-0.2, 0) is 0 Å². The van der Waals surface area contributed by atoms with Gasteiger partial charge < -0.3 is 5.73 Å². The molecule has 0 aliphatic carbocycles. The van der Waals surface area contributed by atoms with Crippen LogP contribution in [0.25, 0.3) is 0 Å². The molecule has 0 bridgehead atoms. The van der Waals surface area contributed by atoms with Crippen molar-refractivity contribution < 1.29 is 0 Å². The number of benzene rings is 1. The van der Waals surface area contributed by atoms with Crippen LogP contribution < -0.4 is 5.73 Å². The standard InChI is InChI=1S/C13H21N/c1-10-6-4-8-13(12(10)3)11(2)7-5-9-14/h4,6,8,11H,5,7,9,14H2,1-3H3. The Morgan fingerprint density at radius 1 is 1.29 bits per heavy atom. The molecule has 14 heavy (non-hydrogen) atoms. The number of hydrogen-bond acceptors (Lipinski definition) is 1. The first kappa shape index (κ1) is 11.3. The van der Waals surface area contributed by atoms with E-state index in [-0.39, 0.29) is 0 Å². The molecule has 0 saturated heterocycles. The van der Waals surface area contributed by atoms with Gasteiger partial charge in [0.2, 0.25) is 0 Å². The lowest BCUT2D eigenvalue weighted by atomic mass is 9.90. The molecule has 0 heterocycles. The summed E-state index contributed by atoms with van der Waals surface area (Å²) in [6.07, 6.45) is 2.31. The Morgan fingerprint density at radius 3 is 2.64 bits per heavy atom. The van der Waals surface area contributed by atoms with Gasteiger partial charge in [0, 0.05) is 0 Å². The zero-order chi connectivity index (χ0) is 10.6. The maximum atomic E-state index is 5.52. The van der Waals surface area contributed by atoms with Crippen LogP contribution in [-0.4, -0.2) is 6.54 Å². The van der Waals surface area contributed by atoms with E-state index in [2.05, 4.69) is 39.0 Å². The Hall–Kier alpha value is -0.820. The first-order chi connectivity index (χ1) is 6.66. The van der Waals surface area contributed by atoms with Crippen molar-refractivity contribution in [3.05, 3.63) is 34.9 Å². The van der Waals surface area contributed by atoms with Gasteiger partial charge in [-0.15, -0.1) is 0 Å². The fourth-order valence-corrected chi connectivity index (χ4v) is 1.89. The molecule has 0 amide bonds. The van der Waals surface area contributed by atoms with E-state index >= 15 is 0 Å². The number of hydrogen-bond donors (Lipinski definition) is 1. The zero-order valence-electron chi connectivity index (χ0n) is 9.51. The molecule has 0 aliphatic rings. The Balaban J connectivity index is 2.79. The van der Waals surface area contributed by atoms with Crippen LogP contribution >= 0.6 is 0 Å². The van der Waals surface area contributed by atoms with E-state index < -0.39 is 0 Å². The maximum absolute atomic E-state index is 5.52. The molecule has 1 atom stereocenters. The Labute approximate surface area is 87.3 Å². The average molecular weight is 191 g/mol. The molecule has 1 unspecified atom stereocenters. The SMILES string of the molecule is Cc1cccc(C(C)CCCN)c1C. The third kappa shape index (κ3) is 2.58. The summed E-state index contributed by atoms with van der Waals surface area (Å²) in [5.41, 5.74) is 9.84. The van der Waals surface area contributed by atoms with Gasteiger partial charge in [0.1, 0.15) is 0 Å². The molecular formula is C13H21N. The molecule has 2 N–H and O–H groups in total. The van der Waals surface area contributed by atoms with Gasteiger partial charge in [0.25, 0.3) is 0 Å². The van der Waals surface area contributed by atoms with E-state index in [0.717, 1.165) is 13.0 Å². The van der Waals surface area contributed by atoms with Crippen LogP contribution in [0, 0.1) is 13.8 Å². The van der Waals surface area contributed by atoms with Crippen LogP contribution in [0.5, 0.6) is 0 Å². The first-order valence-corrected chi connectivity index (χ1v) is 5.43. The van der Waals surface area contributed by atoms with E-state index in [4.69, 9.17) is 5.73 Å². The smallest absolute Gasteiger partial charge is 0.00771 e. The van der Waals surface area contributed by atoms with Crippen molar-refractivity contribution in [1.29, 1.82) is 0 Å². The average Bonchev–Trinajstić information content (AvgIpc) is 2.18. The summed E-state index contributed by atoms with van der Waals surface area (Å²) in [6, 6.07) is 6.56.